The van der Waals surface area contributed by atoms with E-state index in [1.807, 2.05) is 42.5 Å². The van der Waals surface area contributed by atoms with E-state index in [-0.39, 0.29) is 11.6 Å². The molecule has 0 aliphatic carbocycles. The van der Waals surface area contributed by atoms with Crippen LogP contribution < -0.4 is 10.0 Å². The van der Waals surface area contributed by atoms with Gasteiger partial charge in [-0.3, -0.25) is 4.72 Å². The van der Waals surface area contributed by atoms with E-state index in [1.165, 1.54) is 0 Å². The van der Waals surface area contributed by atoms with Gasteiger partial charge >= 0.3 is 0 Å². The molecule has 0 saturated heterocycles. The van der Waals surface area contributed by atoms with Crippen LogP contribution in [0.5, 0.6) is 0 Å². The molecule has 0 atom stereocenters. The number of hydrogen-bond acceptors (Lipinski definition) is 4. The number of hydrogen-bond donors (Lipinski definition) is 2. The first-order valence-electron chi connectivity index (χ1n) is 8.03. The number of aromatic nitrogens is 1. The maximum absolute atomic E-state index is 12.2. The van der Waals surface area contributed by atoms with Crippen molar-refractivity contribution in [3.05, 3.63) is 83.5 Å². The van der Waals surface area contributed by atoms with Gasteiger partial charge in [0.1, 0.15) is 5.82 Å². The number of rotatable bonds is 7. The highest BCUT2D eigenvalue weighted by atomic mass is 35.5. The SMILES string of the molecule is O=S(=O)(CCc1ccccc1)Nc1ccc(Nc2cccc(Cl)c2)cn1. The molecule has 2 aromatic carbocycles. The van der Waals surface area contributed by atoms with Crippen molar-refractivity contribution in [1.82, 2.24) is 4.98 Å². The van der Waals surface area contributed by atoms with Gasteiger partial charge in [0.2, 0.25) is 10.0 Å². The maximum Gasteiger partial charge on any atom is 0.234 e. The zero-order valence-corrected chi connectivity index (χ0v) is 15.5. The average molecular weight is 388 g/mol. The van der Waals surface area contributed by atoms with Crippen molar-refractivity contribution in [3.63, 3.8) is 0 Å². The topological polar surface area (TPSA) is 71.1 Å². The van der Waals surface area contributed by atoms with E-state index in [2.05, 4.69) is 15.0 Å². The van der Waals surface area contributed by atoms with Crippen LogP contribution in [0.3, 0.4) is 0 Å². The molecule has 0 aliphatic rings. The molecule has 7 heteroatoms. The highest BCUT2D eigenvalue weighted by Crippen LogP contribution is 2.20. The second-order valence-corrected chi connectivity index (χ2v) is 8.00. The summed E-state index contributed by atoms with van der Waals surface area (Å²) in [5.74, 6) is 0.288. The van der Waals surface area contributed by atoms with Gasteiger partial charge in [-0.2, -0.15) is 0 Å². The number of nitrogens with zero attached hydrogens (tertiary/aromatic N) is 1. The number of anilines is 3. The van der Waals surface area contributed by atoms with E-state index in [4.69, 9.17) is 11.6 Å². The van der Waals surface area contributed by atoms with E-state index in [1.54, 1.807) is 30.5 Å². The van der Waals surface area contributed by atoms with Crippen LogP contribution in [0, 0.1) is 0 Å². The first-order chi connectivity index (χ1) is 12.5. The molecule has 2 N–H and O–H groups in total. The number of nitrogens with one attached hydrogen (secondary N) is 2. The zero-order chi connectivity index (χ0) is 18.4. The van der Waals surface area contributed by atoms with Gasteiger partial charge in [0.25, 0.3) is 0 Å². The highest BCUT2D eigenvalue weighted by Gasteiger charge is 2.11. The Morgan fingerprint density at radius 2 is 1.73 bits per heavy atom. The smallest absolute Gasteiger partial charge is 0.234 e. The fraction of sp³-hybridized carbons (Fsp3) is 0.105. The lowest BCUT2D eigenvalue weighted by atomic mass is 10.2. The minimum Gasteiger partial charge on any atom is -0.354 e. The van der Waals surface area contributed by atoms with Crippen molar-refractivity contribution in [3.8, 4) is 0 Å². The van der Waals surface area contributed by atoms with E-state index >= 15 is 0 Å². The van der Waals surface area contributed by atoms with E-state index in [0.717, 1.165) is 16.9 Å². The molecular weight excluding hydrogens is 370 g/mol. The third-order valence-electron chi connectivity index (χ3n) is 3.64. The van der Waals surface area contributed by atoms with Crippen molar-refractivity contribution in [2.24, 2.45) is 0 Å². The molecule has 0 fully saturated rings. The van der Waals surface area contributed by atoms with Crippen LogP contribution in [0.1, 0.15) is 5.56 Å². The van der Waals surface area contributed by atoms with Gasteiger partial charge in [-0.1, -0.05) is 48.0 Å². The molecule has 3 rings (SSSR count). The first kappa shape index (κ1) is 18.2. The van der Waals surface area contributed by atoms with Gasteiger partial charge in [0.15, 0.2) is 0 Å². The molecule has 0 aliphatic heterocycles. The minimum absolute atomic E-state index is 0.00120. The summed E-state index contributed by atoms with van der Waals surface area (Å²) in [7, 11) is -3.46. The molecular formula is C19H18ClN3O2S. The quantitative estimate of drug-likeness (QED) is 0.627. The lowest BCUT2D eigenvalue weighted by Crippen LogP contribution is -2.18. The second-order valence-electron chi connectivity index (χ2n) is 5.72. The molecule has 1 aromatic heterocycles. The molecule has 0 saturated carbocycles. The molecule has 134 valence electrons. The van der Waals surface area contributed by atoms with Crippen molar-refractivity contribution in [2.75, 3.05) is 15.8 Å². The number of benzene rings is 2. The van der Waals surface area contributed by atoms with Crippen LogP contribution in [0.4, 0.5) is 17.2 Å². The van der Waals surface area contributed by atoms with Crippen molar-refractivity contribution >= 4 is 38.8 Å². The molecule has 26 heavy (non-hydrogen) atoms. The standard InChI is InChI=1S/C19H18ClN3O2S/c20-16-7-4-8-17(13-16)22-18-9-10-19(21-14-18)23-26(24,25)12-11-15-5-2-1-3-6-15/h1-10,13-14,22H,11-12H2,(H,21,23). The van der Waals surface area contributed by atoms with Crippen LogP contribution >= 0.6 is 11.6 Å². The average Bonchev–Trinajstić information content (AvgIpc) is 2.63. The van der Waals surface area contributed by atoms with Crippen LogP contribution in [0.15, 0.2) is 72.9 Å². The van der Waals surface area contributed by atoms with Gasteiger partial charge < -0.3 is 5.32 Å². The summed E-state index contributed by atoms with van der Waals surface area (Å²) in [6.07, 6.45) is 2.01. The lowest BCUT2D eigenvalue weighted by molar-refractivity contribution is 0.600. The van der Waals surface area contributed by atoms with Gasteiger partial charge in [-0.25, -0.2) is 13.4 Å². The Bertz CT molecular complexity index is 962. The zero-order valence-electron chi connectivity index (χ0n) is 13.9. The van der Waals surface area contributed by atoms with Crippen molar-refractivity contribution in [1.29, 1.82) is 0 Å². The highest BCUT2D eigenvalue weighted by molar-refractivity contribution is 7.92. The van der Waals surface area contributed by atoms with Crippen LogP contribution in [-0.2, 0) is 16.4 Å². The summed E-state index contributed by atoms with van der Waals surface area (Å²) in [6.45, 7) is 0. The summed E-state index contributed by atoms with van der Waals surface area (Å²) in [5, 5.41) is 3.79. The van der Waals surface area contributed by atoms with E-state index in [0.29, 0.717) is 11.4 Å². The largest absolute Gasteiger partial charge is 0.354 e. The number of sulfonamides is 1. The third-order valence-corrected chi connectivity index (χ3v) is 5.14. The van der Waals surface area contributed by atoms with Gasteiger partial charge in [0.05, 0.1) is 17.6 Å². The van der Waals surface area contributed by atoms with Crippen LogP contribution in [-0.4, -0.2) is 19.2 Å². The maximum atomic E-state index is 12.2. The normalized spacial score (nSPS) is 11.1. The summed E-state index contributed by atoms with van der Waals surface area (Å²) in [5.41, 5.74) is 2.54. The fourth-order valence-electron chi connectivity index (χ4n) is 2.37. The number of halogens is 1. The Morgan fingerprint density at radius 3 is 2.42 bits per heavy atom. The first-order valence-corrected chi connectivity index (χ1v) is 10.1. The molecule has 5 nitrogen and oxygen atoms in total. The van der Waals surface area contributed by atoms with Crippen LogP contribution in [0.2, 0.25) is 5.02 Å². The van der Waals surface area contributed by atoms with E-state index in [9.17, 15) is 8.42 Å². The Hall–Kier alpha value is -2.57. The summed E-state index contributed by atoms with van der Waals surface area (Å²) < 4.78 is 26.9. The lowest BCUT2D eigenvalue weighted by Gasteiger charge is -2.09. The van der Waals surface area contributed by atoms with E-state index < -0.39 is 10.0 Å². The van der Waals surface area contributed by atoms with Gasteiger partial charge in [-0.05, 0) is 42.3 Å². The molecule has 1 heterocycles. The second kappa shape index (κ2) is 8.21. The summed E-state index contributed by atoms with van der Waals surface area (Å²) in [4.78, 5) is 4.15. The molecule has 0 radical (unpaired) electrons. The number of aryl methyl sites for hydroxylation is 1. The third kappa shape index (κ3) is 5.47. The Morgan fingerprint density at radius 1 is 0.923 bits per heavy atom. The Labute approximate surface area is 158 Å². The summed E-state index contributed by atoms with van der Waals surface area (Å²) >= 11 is 5.95. The minimum atomic E-state index is -3.46. The molecule has 0 spiro atoms. The summed E-state index contributed by atoms with van der Waals surface area (Å²) in [6, 6.07) is 20.2. The molecule has 0 bridgehead atoms. The Balaban J connectivity index is 1.59. The van der Waals surface area contributed by atoms with Gasteiger partial charge in [0, 0.05) is 10.7 Å². The monoisotopic (exact) mass is 387 g/mol. The van der Waals surface area contributed by atoms with Gasteiger partial charge in [-0.15, -0.1) is 0 Å². The Kier molecular flexibility index (Phi) is 5.75. The predicted molar refractivity (Wildman–Crippen MR) is 107 cm³/mol. The van der Waals surface area contributed by atoms with Crippen molar-refractivity contribution in [2.45, 2.75) is 6.42 Å². The molecule has 3 aromatic rings. The van der Waals surface area contributed by atoms with Crippen LogP contribution in [0.25, 0.3) is 0 Å². The molecule has 0 unspecified atom stereocenters. The predicted octanol–water partition coefficient (Wildman–Crippen LogP) is 4.46. The van der Waals surface area contributed by atoms with Crippen molar-refractivity contribution < 1.29 is 8.42 Å². The molecule has 0 amide bonds. The number of pyridine rings is 1. The fourth-order valence-corrected chi connectivity index (χ4v) is 3.60.